The van der Waals surface area contributed by atoms with Crippen LogP contribution in [0.25, 0.3) is 0 Å². The topological polar surface area (TPSA) is 100 Å². The number of carbonyl (C=O) groups is 2. The van der Waals surface area contributed by atoms with Gasteiger partial charge in [-0.2, -0.15) is 0 Å². The molecule has 3 amide bonds. The molecule has 2 aliphatic rings. The van der Waals surface area contributed by atoms with E-state index in [1.807, 2.05) is 70.5 Å². The second-order valence-corrected chi connectivity index (χ2v) is 8.88. The van der Waals surface area contributed by atoms with Crippen molar-refractivity contribution in [3.05, 3.63) is 78.6 Å². The number of hydrogen-bond donors (Lipinski definition) is 1. The number of piperazine rings is 1. The van der Waals surface area contributed by atoms with E-state index in [2.05, 4.69) is 15.4 Å². The fourth-order valence-corrected chi connectivity index (χ4v) is 4.35. The van der Waals surface area contributed by atoms with Crippen LogP contribution in [0.5, 0.6) is 0 Å². The summed E-state index contributed by atoms with van der Waals surface area (Å²) in [4.78, 5) is 45.6. The molecule has 0 radical (unpaired) electrons. The fraction of sp³-hybridized carbons (Fsp3) is 0.333. The van der Waals surface area contributed by atoms with Crippen LogP contribution in [0.1, 0.15) is 29.6 Å². The molecule has 10 heteroatoms. The van der Waals surface area contributed by atoms with Crippen LogP contribution in [-0.2, 0) is 9.57 Å². The Kier molecular flexibility index (Phi) is 7.87. The summed E-state index contributed by atoms with van der Waals surface area (Å²) in [6.07, 6.45) is 5.30. The highest BCUT2D eigenvalue weighted by Gasteiger charge is 2.28. The summed E-state index contributed by atoms with van der Waals surface area (Å²) in [7, 11) is 0. The molecule has 2 aromatic carbocycles. The van der Waals surface area contributed by atoms with Gasteiger partial charge in [0.15, 0.2) is 6.29 Å². The first-order valence-electron chi connectivity index (χ1n) is 12.5. The molecule has 5 rings (SSSR count). The number of hydroxylamine groups is 1. The third-order valence-corrected chi connectivity index (χ3v) is 6.37. The summed E-state index contributed by atoms with van der Waals surface area (Å²) in [5.74, 6) is 0.0983. The molecular formula is C27H30N6O4. The molecule has 1 N–H and O–H groups in total. The van der Waals surface area contributed by atoms with Crippen LogP contribution in [0.15, 0.2) is 73.1 Å². The molecule has 192 valence electrons. The Bertz CT molecular complexity index is 1130. The first-order valence-corrected chi connectivity index (χ1v) is 12.5. The Balaban J connectivity index is 1.18. The van der Waals surface area contributed by atoms with E-state index in [1.165, 1.54) is 12.4 Å². The standard InChI is InChI=1S/C27H30N6O4/c34-25(30-37-24-13-7-8-18-36-24)21-19-28-26(29-20-21)31-14-16-32(17-15-31)27(35)33(22-9-3-1-4-10-22)23-11-5-2-6-12-23/h1-6,9-12,19-20,24H,7-8,13-18H2,(H,30,34). The van der Waals surface area contributed by atoms with Crippen molar-refractivity contribution in [3.63, 3.8) is 0 Å². The van der Waals surface area contributed by atoms with Gasteiger partial charge in [-0.15, -0.1) is 0 Å². The number of hydrogen-bond acceptors (Lipinski definition) is 7. The summed E-state index contributed by atoms with van der Waals surface area (Å²) >= 11 is 0. The quantitative estimate of drug-likeness (QED) is 0.513. The largest absolute Gasteiger partial charge is 0.350 e. The number of para-hydroxylation sites is 2. The van der Waals surface area contributed by atoms with Gasteiger partial charge in [0.2, 0.25) is 5.95 Å². The van der Waals surface area contributed by atoms with Gasteiger partial charge in [-0.25, -0.2) is 25.1 Å². The number of rotatable bonds is 6. The van der Waals surface area contributed by atoms with Crippen molar-refractivity contribution in [2.75, 3.05) is 42.6 Å². The molecule has 1 unspecified atom stereocenters. The van der Waals surface area contributed by atoms with E-state index in [0.29, 0.717) is 44.3 Å². The Morgan fingerprint density at radius 2 is 1.51 bits per heavy atom. The van der Waals surface area contributed by atoms with E-state index >= 15 is 0 Å². The van der Waals surface area contributed by atoms with Crippen LogP contribution >= 0.6 is 0 Å². The minimum Gasteiger partial charge on any atom is -0.350 e. The normalized spacial score (nSPS) is 17.8. The minimum absolute atomic E-state index is 0.0769. The van der Waals surface area contributed by atoms with Crippen LogP contribution in [0.4, 0.5) is 22.1 Å². The summed E-state index contributed by atoms with van der Waals surface area (Å²) in [6.45, 7) is 2.84. The third kappa shape index (κ3) is 6.04. The minimum atomic E-state index is -0.420. The smallest absolute Gasteiger partial charge is 0.329 e. The molecule has 0 aliphatic carbocycles. The first kappa shape index (κ1) is 24.7. The van der Waals surface area contributed by atoms with E-state index in [0.717, 1.165) is 30.6 Å². The monoisotopic (exact) mass is 502 g/mol. The Morgan fingerprint density at radius 3 is 2.08 bits per heavy atom. The van der Waals surface area contributed by atoms with Crippen LogP contribution in [0.3, 0.4) is 0 Å². The Labute approximate surface area is 215 Å². The van der Waals surface area contributed by atoms with Crippen molar-refractivity contribution >= 4 is 29.3 Å². The highest BCUT2D eigenvalue weighted by molar-refractivity contribution is 5.99. The highest BCUT2D eigenvalue weighted by Crippen LogP contribution is 2.27. The fourth-order valence-electron chi connectivity index (χ4n) is 4.35. The van der Waals surface area contributed by atoms with E-state index in [1.54, 1.807) is 4.90 Å². The second kappa shape index (κ2) is 11.8. The Morgan fingerprint density at radius 1 is 0.892 bits per heavy atom. The predicted molar refractivity (Wildman–Crippen MR) is 138 cm³/mol. The zero-order valence-corrected chi connectivity index (χ0v) is 20.5. The number of ether oxygens (including phenoxy) is 1. The number of nitrogens with zero attached hydrogens (tertiary/aromatic N) is 5. The summed E-state index contributed by atoms with van der Waals surface area (Å²) in [6, 6.07) is 19.2. The number of nitrogens with one attached hydrogen (secondary N) is 1. The lowest BCUT2D eigenvalue weighted by atomic mass is 10.2. The number of anilines is 3. The van der Waals surface area contributed by atoms with Crippen molar-refractivity contribution in [2.24, 2.45) is 0 Å². The van der Waals surface area contributed by atoms with Crippen LogP contribution in [0, 0.1) is 0 Å². The Hall–Kier alpha value is -4.02. The lowest BCUT2D eigenvalue weighted by Gasteiger charge is -2.37. The maximum Gasteiger partial charge on any atom is 0.329 e. The summed E-state index contributed by atoms with van der Waals surface area (Å²) < 4.78 is 5.45. The lowest BCUT2D eigenvalue weighted by molar-refractivity contribution is -0.186. The van der Waals surface area contributed by atoms with Gasteiger partial charge in [0.25, 0.3) is 5.91 Å². The van der Waals surface area contributed by atoms with E-state index in [4.69, 9.17) is 9.57 Å². The lowest BCUT2D eigenvalue weighted by Crippen LogP contribution is -2.52. The molecule has 10 nitrogen and oxygen atoms in total. The zero-order valence-electron chi connectivity index (χ0n) is 20.5. The highest BCUT2D eigenvalue weighted by atomic mass is 16.8. The molecule has 3 heterocycles. The van der Waals surface area contributed by atoms with Crippen molar-refractivity contribution < 1.29 is 19.2 Å². The van der Waals surface area contributed by atoms with Crippen LogP contribution in [0.2, 0.25) is 0 Å². The average molecular weight is 503 g/mol. The average Bonchev–Trinajstić information content (AvgIpc) is 2.98. The number of urea groups is 1. The summed E-state index contributed by atoms with van der Waals surface area (Å²) in [5.41, 5.74) is 4.35. The molecule has 37 heavy (non-hydrogen) atoms. The van der Waals surface area contributed by atoms with Crippen molar-refractivity contribution in [1.29, 1.82) is 0 Å². The van der Waals surface area contributed by atoms with Crippen molar-refractivity contribution in [2.45, 2.75) is 25.6 Å². The van der Waals surface area contributed by atoms with Gasteiger partial charge < -0.3 is 14.5 Å². The zero-order chi connectivity index (χ0) is 25.5. The van der Waals surface area contributed by atoms with Gasteiger partial charge in [-0.3, -0.25) is 9.69 Å². The van der Waals surface area contributed by atoms with Crippen molar-refractivity contribution in [3.8, 4) is 0 Å². The van der Waals surface area contributed by atoms with E-state index < -0.39 is 12.2 Å². The molecule has 0 spiro atoms. The first-order chi connectivity index (χ1) is 18.2. The van der Waals surface area contributed by atoms with E-state index in [9.17, 15) is 9.59 Å². The molecular weight excluding hydrogens is 472 g/mol. The van der Waals surface area contributed by atoms with Crippen molar-refractivity contribution in [1.82, 2.24) is 20.3 Å². The number of carbonyl (C=O) groups excluding carboxylic acids is 2. The van der Waals surface area contributed by atoms with Crippen LogP contribution in [-0.4, -0.2) is 65.9 Å². The molecule has 1 aromatic heterocycles. The van der Waals surface area contributed by atoms with Crippen LogP contribution < -0.4 is 15.3 Å². The molecule has 2 fully saturated rings. The molecule has 0 saturated carbocycles. The predicted octanol–water partition coefficient (Wildman–Crippen LogP) is 3.74. The maximum absolute atomic E-state index is 13.6. The number of aromatic nitrogens is 2. The molecule has 1 atom stereocenters. The van der Waals surface area contributed by atoms with E-state index in [-0.39, 0.29) is 6.03 Å². The number of amides is 3. The second-order valence-electron chi connectivity index (χ2n) is 8.88. The van der Waals surface area contributed by atoms with Gasteiger partial charge >= 0.3 is 6.03 Å². The number of benzene rings is 2. The van der Waals surface area contributed by atoms with Gasteiger partial charge in [0.05, 0.1) is 16.9 Å². The summed E-state index contributed by atoms with van der Waals surface area (Å²) in [5, 5.41) is 0. The molecule has 2 aliphatic heterocycles. The van der Waals surface area contributed by atoms with Gasteiger partial charge in [-0.05, 0) is 37.1 Å². The van der Waals surface area contributed by atoms with Gasteiger partial charge in [-0.1, -0.05) is 36.4 Å². The van der Waals surface area contributed by atoms with Gasteiger partial charge in [0, 0.05) is 51.6 Å². The third-order valence-electron chi connectivity index (χ3n) is 6.37. The molecule has 2 saturated heterocycles. The molecule has 3 aromatic rings. The molecule has 0 bridgehead atoms. The SMILES string of the molecule is O=C(NOC1CCCCO1)c1cnc(N2CCN(C(=O)N(c3ccccc3)c3ccccc3)CC2)nc1. The maximum atomic E-state index is 13.6. The van der Waals surface area contributed by atoms with Gasteiger partial charge in [0.1, 0.15) is 0 Å².